The van der Waals surface area contributed by atoms with Crippen LogP contribution in [0.15, 0.2) is 90.1 Å². The van der Waals surface area contributed by atoms with E-state index in [1.54, 1.807) is 6.07 Å². The van der Waals surface area contributed by atoms with Crippen molar-refractivity contribution in [2.24, 2.45) is 0 Å². The third-order valence-electron chi connectivity index (χ3n) is 5.01. The Bertz CT molecular complexity index is 1470. The summed E-state index contributed by atoms with van der Waals surface area (Å²) in [4.78, 5) is 36.8. The second kappa shape index (κ2) is 10.00. The van der Waals surface area contributed by atoms with Gasteiger partial charge in [-0.3, -0.25) is 14.9 Å². The molecule has 0 aliphatic carbocycles. The average Bonchev–Trinajstić information content (AvgIpc) is 3.29. The Kier molecular flexibility index (Phi) is 6.47. The SMILES string of the molecule is O=C(CSc1nc(-c2ccccc2)cc(-c2ccccc2)n1)Nc1nc2ccc([N+](=O)[O-])cc2s1. The van der Waals surface area contributed by atoms with Crippen LogP contribution in [0.2, 0.25) is 0 Å². The number of nitro benzene ring substituents is 1. The number of hydrogen-bond acceptors (Lipinski definition) is 8. The van der Waals surface area contributed by atoms with Crippen LogP contribution in [0.1, 0.15) is 0 Å². The number of amides is 1. The highest BCUT2D eigenvalue weighted by molar-refractivity contribution is 7.99. The van der Waals surface area contributed by atoms with E-state index in [9.17, 15) is 14.9 Å². The Morgan fingerprint density at radius 2 is 1.51 bits per heavy atom. The Morgan fingerprint density at radius 1 is 0.886 bits per heavy atom. The van der Waals surface area contributed by atoms with E-state index in [2.05, 4.69) is 20.3 Å². The maximum absolute atomic E-state index is 12.6. The fourth-order valence-corrected chi connectivity index (χ4v) is 4.94. The van der Waals surface area contributed by atoms with Crippen LogP contribution in [0, 0.1) is 10.1 Å². The summed E-state index contributed by atoms with van der Waals surface area (Å²) in [6, 6.07) is 26.0. The number of rotatable bonds is 7. The van der Waals surface area contributed by atoms with Crippen LogP contribution in [-0.2, 0) is 4.79 Å². The summed E-state index contributed by atoms with van der Waals surface area (Å²) in [5, 5.41) is 14.6. The quantitative estimate of drug-likeness (QED) is 0.125. The molecule has 0 radical (unpaired) electrons. The molecular weight excluding hydrogens is 482 g/mol. The molecule has 0 aliphatic heterocycles. The zero-order valence-electron chi connectivity index (χ0n) is 18.1. The Morgan fingerprint density at radius 3 is 2.11 bits per heavy atom. The van der Waals surface area contributed by atoms with E-state index < -0.39 is 4.92 Å². The maximum Gasteiger partial charge on any atom is 0.270 e. The van der Waals surface area contributed by atoms with Crippen LogP contribution in [0.25, 0.3) is 32.7 Å². The van der Waals surface area contributed by atoms with Crippen molar-refractivity contribution < 1.29 is 9.72 Å². The summed E-state index contributed by atoms with van der Waals surface area (Å²) < 4.78 is 0.633. The van der Waals surface area contributed by atoms with Gasteiger partial charge in [-0.25, -0.2) is 15.0 Å². The van der Waals surface area contributed by atoms with E-state index >= 15 is 0 Å². The minimum Gasteiger partial charge on any atom is -0.301 e. The molecule has 172 valence electrons. The monoisotopic (exact) mass is 499 g/mol. The van der Waals surface area contributed by atoms with E-state index in [0.717, 1.165) is 22.5 Å². The number of aromatic nitrogens is 3. The minimum atomic E-state index is -0.457. The third kappa shape index (κ3) is 5.34. The normalized spacial score (nSPS) is 10.9. The topological polar surface area (TPSA) is 111 Å². The first-order valence-electron chi connectivity index (χ1n) is 10.5. The molecule has 0 atom stereocenters. The molecule has 0 spiro atoms. The summed E-state index contributed by atoms with van der Waals surface area (Å²) in [6.07, 6.45) is 0. The summed E-state index contributed by atoms with van der Waals surface area (Å²) >= 11 is 2.42. The van der Waals surface area contributed by atoms with Gasteiger partial charge in [-0.1, -0.05) is 83.8 Å². The first kappa shape index (κ1) is 22.6. The van der Waals surface area contributed by atoms with Gasteiger partial charge in [-0.15, -0.1) is 0 Å². The number of fused-ring (bicyclic) bond motifs is 1. The van der Waals surface area contributed by atoms with Gasteiger partial charge >= 0.3 is 0 Å². The average molecular weight is 500 g/mol. The number of benzene rings is 3. The van der Waals surface area contributed by atoms with Crippen molar-refractivity contribution in [3.63, 3.8) is 0 Å². The van der Waals surface area contributed by atoms with Gasteiger partial charge in [0.05, 0.1) is 32.3 Å². The minimum absolute atomic E-state index is 0.0146. The number of carbonyl (C=O) groups excluding carboxylic acids is 1. The lowest BCUT2D eigenvalue weighted by Gasteiger charge is -2.08. The van der Waals surface area contributed by atoms with Crippen LogP contribution < -0.4 is 5.32 Å². The number of anilines is 1. The second-order valence-corrected chi connectivity index (χ2v) is 9.39. The highest BCUT2D eigenvalue weighted by atomic mass is 32.2. The molecule has 3 aromatic carbocycles. The second-order valence-electron chi connectivity index (χ2n) is 7.42. The standard InChI is InChI=1S/C25H17N5O3S2/c31-23(29-25-26-19-12-11-18(30(32)33)13-22(19)35-25)15-34-24-27-20(16-7-3-1-4-8-16)14-21(28-24)17-9-5-2-6-10-17/h1-14H,15H2,(H,26,29,31). The number of thiazole rings is 1. The van der Waals surface area contributed by atoms with Crippen LogP contribution in [0.5, 0.6) is 0 Å². The third-order valence-corrected chi connectivity index (χ3v) is 6.79. The molecule has 2 heterocycles. The Balaban J connectivity index is 1.34. The molecule has 8 nitrogen and oxygen atoms in total. The summed E-state index contributed by atoms with van der Waals surface area (Å²) in [6.45, 7) is 0. The summed E-state index contributed by atoms with van der Waals surface area (Å²) in [7, 11) is 0. The lowest BCUT2D eigenvalue weighted by atomic mass is 10.1. The predicted molar refractivity (Wildman–Crippen MR) is 139 cm³/mol. The lowest BCUT2D eigenvalue weighted by molar-refractivity contribution is -0.384. The number of non-ortho nitro benzene ring substituents is 1. The van der Waals surface area contributed by atoms with Crippen molar-refractivity contribution in [2.75, 3.05) is 11.1 Å². The van der Waals surface area contributed by atoms with Gasteiger partial charge in [0.15, 0.2) is 10.3 Å². The number of nitrogens with one attached hydrogen (secondary N) is 1. The number of nitro groups is 1. The number of thioether (sulfide) groups is 1. The van der Waals surface area contributed by atoms with Gasteiger partial charge in [0.2, 0.25) is 5.91 Å². The van der Waals surface area contributed by atoms with Crippen molar-refractivity contribution in [3.05, 3.63) is 95.0 Å². The van der Waals surface area contributed by atoms with Gasteiger partial charge in [0, 0.05) is 23.3 Å². The molecule has 0 bridgehead atoms. The fourth-order valence-electron chi connectivity index (χ4n) is 3.37. The molecule has 5 aromatic rings. The van der Waals surface area contributed by atoms with E-state index in [1.807, 2.05) is 66.7 Å². The highest BCUT2D eigenvalue weighted by Crippen LogP contribution is 2.30. The van der Waals surface area contributed by atoms with Gasteiger partial charge in [-0.2, -0.15) is 0 Å². The molecule has 2 aromatic heterocycles. The fraction of sp³-hybridized carbons (Fsp3) is 0.0400. The lowest BCUT2D eigenvalue weighted by Crippen LogP contribution is -2.14. The van der Waals surface area contributed by atoms with Crippen LogP contribution in [-0.4, -0.2) is 31.5 Å². The van der Waals surface area contributed by atoms with Crippen molar-refractivity contribution >= 4 is 50.0 Å². The van der Waals surface area contributed by atoms with Crippen LogP contribution in [0.3, 0.4) is 0 Å². The zero-order chi connectivity index (χ0) is 24.2. The molecular formula is C25H17N5O3S2. The van der Waals surface area contributed by atoms with Gasteiger partial charge in [0.1, 0.15) is 0 Å². The smallest absolute Gasteiger partial charge is 0.270 e. The Hall–Kier alpha value is -4.15. The van der Waals surface area contributed by atoms with Crippen molar-refractivity contribution in [1.29, 1.82) is 0 Å². The zero-order valence-corrected chi connectivity index (χ0v) is 19.8. The van der Waals surface area contributed by atoms with Crippen LogP contribution in [0.4, 0.5) is 10.8 Å². The first-order valence-corrected chi connectivity index (χ1v) is 12.3. The van der Waals surface area contributed by atoms with E-state index in [-0.39, 0.29) is 17.3 Å². The molecule has 10 heteroatoms. The van der Waals surface area contributed by atoms with Crippen molar-refractivity contribution in [1.82, 2.24) is 15.0 Å². The summed E-state index contributed by atoms with van der Waals surface area (Å²) in [5.41, 5.74) is 4.04. The number of hydrogen-bond donors (Lipinski definition) is 1. The van der Waals surface area contributed by atoms with Gasteiger partial charge < -0.3 is 5.32 Å². The molecule has 0 saturated carbocycles. The first-order chi connectivity index (χ1) is 17.0. The van der Waals surface area contributed by atoms with Gasteiger partial charge in [-0.05, 0) is 12.1 Å². The highest BCUT2D eigenvalue weighted by Gasteiger charge is 2.14. The van der Waals surface area contributed by atoms with Gasteiger partial charge in [0.25, 0.3) is 5.69 Å². The molecule has 0 unspecified atom stereocenters. The molecule has 0 fully saturated rings. The van der Waals surface area contributed by atoms with Crippen molar-refractivity contribution in [2.45, 2.75) is 5.16 Å². The van der Waals surface area contributed by atoms with Crippen molar-refractivity contribution in [3.8, 4) is 22.5 Å². The predicted octanol–water partition coefficient (Wildman–Crippen LogP) is 6.06. The molecule has 1 amide bonds. The number of carbonyl (C=O) groups is 1. The maximum atomic E-state index is 12.6. The van der Waals surface area contributed by atoms with Crippen LogP contribution >= 0.6 is 23.1 Å². The number of nitrogens with zero attached hydrogens (tertiary/aromatic N) is 4. The molecule has 0 saturated heterocycles. The van der Waals surface area contributed by atoms with E-state index in [1.165, 1.54) is 35.2 Å². The summed E-state index contributed by atoms with van der Waals surface area (Å²) in [5.74, 6) is -0.179. The van der Waals surface area contributed by atoms with E-state index in [4.69, 9.17) is 0 Å². The Labute approximate surface area is 208 Å². The molecule has 35 heavy (non-hydrogen) atoms. The van der Waals surface area contributed by atoms with E-state index in [0.29, 0.717) is 20.5 Å². The molecule has 1 N–H and O–H groups in total. The molecule has 0 aliphatic rings. The molecule has 5 rings (SSSR count). The largest absolute Gasteiger partial charge is 0.301 e.